The molecular weight excluding hydrogens is 508 g/mol. The Labute approximate surface area is 222 Å². The van der Waals surface area contributed by atoms with Crippen molar-refractivity contribution in [3.05, 3.63) is 58.3 Å². The molecule has 0 bridgehead atoms. The maximum atomic E-state index is 12.6. The molecule has 1 saturated heterocycles. The molecule has 0 radical (unpaired) electrons. The maximum Gasteiger partial charge on any atom is 0.251 e. The monoisotopic (exact) mass is 540 g/mol. The van der Waals surface area contributed by atoms with Crippen molar-refractivity contribution in [1.29, 1.82) is 5.26 Å². The average Bonchev–Trinajstić information content (AvgIpc) is 3.40. The van der Waals surface area contributed by atoms with E-state index in [0.29, 0.717) is 5.57 Å². The summed E-state index contributed by atoms with van der Waals surface area (Å²) < 4.78 is 32.9. The number of rotatable bonds is 11. The molecule has 1 aliphatic heterocycles. The second-order valence-electron chi connectivity index (χ2n) is 8.86. The second-order valence-corrected chi connectivity index (χ2v) is 11.6. The molecule has 0 unspecified atom stereocenters. The summed E-state index contributed by atoms with van der Waals surface area (Å²) in [5.41, 5.74) is 2.53. The SMILES string of the molecule is C/C(=C(/C#N)S(=O)(=O)NCCCO)c1ccc(-c2ccc3cc(NCCN4CCOCC4)ccc3c2)s1. The van der Waals surface area contributed by atoms with Crippen LogP contribution in [0.4, 0.5) is 5.69 Å². The van der Waals surface area contributed by atoms with Gasteiger partial charge in [-0.05, 0) is 65.6 Å². The van der Waals surface area contributed by atoms with Gasteiger partial charge in [-0.25, -0.2) is 13.1 Å². The third kappa shape index (κ3) is 6.96. The molecule has 0 amide bonds. The number of sulfonamides is 1. The molecule has 37 heavy (non-hydrogen) atoms. The predicted octanol–water partition coefficient (Wildman–Crippen LogP) is 3.87. The summed E-state index contributed by atoms with van der Waals surface area (Å²) in [6.45, 7) is 7.05. The van der Waals surface area contributed by atoms with Crippen LogP contribution < -0.4 is 10.0 Å². The quantitative estimate of drug-likeness (QED) is 0.250. The van der Waals surface area contributed by atoms with Crippen LogP contribution in [0.2, 0.25) is 0 Å². The first kappa shape index (κ1) is 27.3. The normalized spacial score (nSPS) is 15.4. The van der Waals surface area contributed by atoms with E-state index in [1.807, 2.05) is 18.2 Å². The second kappa shape index (κ2) is 12.6. The molecule has 1 aliphatic rings. The fourth-order valence-corrected chi connectivity index (χ4v) is 6.47. The summed E-state index contributed by atoms with van der Waals surface area (Å²) in [6, 6.07) is 18.3. The van der Waals surface area contributed by atoms with Crippen LogP contribution in [0.25, 0.3) is 26.8 Å². The summed E-state index contributed by atoms with van der Waals surface area (Å²) in [5, 5.41) is 24.2. The van der Waals surface area contributed by atoms with Gasteiger partial charge in [-0.15, -0.1) is 11.3 Å². The zero-order chi connectivity index (χ0) is 26.3. The van der Waals surface area contributed by atoms with Gasteiger partial charge in [0.1, 0.15) is 6.07 Å². The van der Waals surface area contributed by atoms with E-state index >= 15 is 0 Å². The Kier molecular flexibility index (Phi) is 9.32. The number of thiophene rings is 1. The number of aliphatic hydroxyl groups is 1. The summed E-state index contributed by atoms with van der Waals surface area (Å²) in [5.74, 6) is 0. The minimum Gasteiger partial charge on any atom is -0.396 e. The molecule has 4 rings (SSSR count). The van der Waals surface area contributed by atoms with E-state index in [1.54, 1.807) is 6.92 Å². The number of benzene rings is 2. The number of nitriles is 1. The van der Waals surface area contributed by atoms with Crippen molar-refractivity contribution in [1.82, 2.24) is 9.62 Å². The lowest BCUT2D eigenvalue weighted by atomic mass is 10.1. The topological polar surface area (TPSA) is 115 Å². The van der Waals surface area contributed by atoms with Crippen molar-refractivity contribution in [3.63, 3.8) is 0 Å². The van der Waals surface area contributed by atoms with E-state index in [1.165, 1.54) is 11.3 Å². The molecule has 2 heterocycles. The first-order chi connectivity index (χ1) is 17.9. The number of nitrogens with one attached hydrogen (secondary N) is 2. The number of morpholine rings is 1. The number of ether oxygens (including phenoxy) is 1. The lowest BCUT2D eigenvalue weighted by Crippen LogP contribution is -2.38. The Bertz CT molecular complexity index is 1400. The molecule has 2 aromatic carbocycles. The Hall–Kier alpha value is -2.78. The standard InChI is InChI=1S/C27H32N4O4S2/c1-20(27(19-28)37(33,34)30-9-2-14-32)25-7-8-26(36-25)23-4-3-22-18-24(6-5-21(22)17-23)29-10-11-31-12-15-35-16-13-31/h3-8,17-18,29-30,32H,2,9-16H2,1H3/b27-20+. The number of fused-ring (bicyclic) bond motifs is 1. The van der Waals surface area contributed by atoms with Gasteiger partial charge in [0, 0.05) is 54.8 Å². The minimum atomic E-state index is -3.94. The van der Waals surface area contributed by atoms with Gasteiger partial charge in [0.15, 0.2) is 4.91 Å². The van der Waals surface area contributed by atoms with Crippen LogP contribution in [-0.4, -0.2) is 71.0 Å². The van der Waals surface area contributed by atoms with E-state index in [4.69, 9.17) is 9.84 Å². The summed E-state index contributed by atoms with van der Waals surface area (Å²) in [7, 11) is -3.94. The molecule has 8 nitrogen and oxygen atoms in total. The van der Waals surface area contributed by atoms with E-state index in [-0.39, 0.29) is 24.5 Å². The number of anilines is 1. The Morgan fingerprint density at radius 3 is 2.62 bits per heavy atom. The Morgan fingerprint density at radius 1 is 1.11 bits per heavy atom. The first-order valence-corrected chi connectivity index (χ1v) is 14.6. The van der Waals surface area contributed by atoms with E-state index in [9.17, 15) is 13.7 Å². The molecule has 1 fully saturated rings. The van der Waals surface area contributed by atoms with E-state index in [0.717, 1.165) is 71.2 Å². The number of nitrogens with zero attached hydrogens (tertiary/aromatic N) is 2. The van der Waals surface area contributed by atoms with Crippen molar-refractivity contribution < 1.29 is 18.3 Å². The van der Waals surface area contributed by atoms with Crippen LogP contribution >= 0.6 is 11.3 Å². The van der Waals surface area contributed by atoms with Crippen LogP contribution in [0.3, 0.4) is 0 Å². The van der Waals surface area contributed by atoms with E-state index < -0.39 is 10.0 Å². The van der Waals surface area contributed by atoms with Crippen molar-refractivity contribution in [2.75, 3.05) is 57.9 Å². The molecule has 0 aliphatic carbocycles. The highest BCUT2D eigenvalue weighted by molar-refractivity contribution is 7.93. The molecule has 3 aromatic rings. The molecule has 0 spiro atoms. The Balaban J connectivity index is 1.47. The van der Waals surface area contributed by atoms with Gasteiger partial charge in [-0.1, -0.05) is 18.2 Å². The van der Waals surface area contributed by atoms with Gasteiger partial charge < -0.3 is 15.2 Å². The molecule has 0 saturated carbocycles. The molecule has 196 valence electrons. The van der Waals surface area contributed by atoms with Crippen molar-refractivity contribution in [2.24, 2.45) is 0 Å². The van der Waals surface area contributed by atoms with Gasteiger partial charge in [0.2, 0.25) is 0 Å². The first-order valence-electron chi connectivity index (χ1n) is 12.3. The molecule has 0 atom stereocenters. The fourth-order valence-electron chi connectivity index (χ4n) is 4.20. The van der Waals surface area contributed by atoms with E-state index in [2.05, 4.69) is 51.3 Å². The smallest absolute Gasteiger partial charge is 0.251 e. The predicted molar refractivity (Wildman–Crippen MR) is 150 cm³/mol. The lowest BCUT2D eigenvalue weighted by Gasteiger charge is -2.26. The third-order valence-electron chi connectivity index (χ3n) is 6.30. The number of aliphatic hydroxyl groups excluding tert-OH is 1. The zero-order valence-electron chi connectivity index (χ0n) is 20.9. The average molecular weight is 541 g/mol. The largest absolute Gasteiger partial charge is 0.396 e. The fraction of sp³-hybridized carbons (Fsp3) is 0.370. The van der Waals surface area contributed by atoms with Crippen molar-refractivity contribution in [2.45, 2.75) is 13.3 Å². The third-order valence-corrected chi connectivity index (χ3v) is 9.07. The summed E-state index contributed by atoms with van der Waals surface area (Å²) >= 11 is 1.45. The highest BCUT2D eigenvalue weighted by Gasteiger charge is 2.21. The number of allylic oxidation sites excluding steroid dienone is 2. The highest BCUT2D eigenvalue weighted by Crippen LogP contribution is 2.35. The van der Waals surface area contributed by atoms with Gasteiger partial charge in [-0.3, -0.25) is 4.90 Å². The summed E-state index contributed by atoms with van der Waals surface area (Å²) in [6.07, 6.45) is 0.286. The van der Waals surface area contributed by atoms with Crippen LogP contribution in [0, 0.1) is 11.3 Å². The van der Waals surface area contributed by atoms with Gasteiger partial charge in [-0.2, -0.15) is 5.26 Å². The van der Waals surface area contributed by atoms with Crippen LogP contribution in [0.15, 0.2) is 53.4 Å². The number of hydrogen-bond acceptors (Lipinski definition) is 8. The van der Waals surface area contributed by atoms with Crippen molar-refractivity contribution >= 4 is 43.4 Å². The highest BCUT2D eigenvalue weighted by atomic mass is 32.2. The van der Waals surface area contributed by atoms with Crippen LogP contribution in [-0.2, 0) is 14.8 Å². The van der Waals surface area contributed by atoms with Crippen LogP contribution in [0.5, 0.6) is 0 Å². The van der Waals surface area contributed by atoms with Gasteiger partial charge in [0.25, 0.3) is 10.0 Å². The molecule has 1 aromatic heterocycles. The molecule has 10 heteroatoms. The van der Waals surface area contributed by atoms with Gasteiger partial charge >= 0.3 is 0 Å². The molecular formula is C27H32N4O4S2. The zero-order valence-corrected chi connectivity index (χ0v) is 22.5. The lowest BCUT2D eigenvalue weighted by molar-refractivity contribution is 0.0398. The van der Waals surface area contributed by atoms with Gasteiger partial charge in [0.05, 0.1) is 13.2 Å². The summed E-state index contributed by atoms with van der Waals surface area (Å²) in [4.78, 5) is 3.82. The van der Waals surface area contributed by atoms with Crippen LogP contribution in [0.1, 0.15) is 18.2 Å². The Morgan fingerprint density at radius 2 is 1.86 bits per heavy atom. The maximum absolute atomic E-state index is 12.6. The minimum absolute atomic E-state index is 0.0786. The number of hydrogen-bond donors (Lipinski definition) is 3. The van der Waals surface area contributed by atoms with Crippen molar-refractivity contribution in [3.8, 4) is 16.5 Å². The molecule has 3 N–H and O–H groups in total.